The summed E-state index contributed by atoms with van der Waals surface area (Å²) in [5.41, 5.74) is 2.61. The molecule has 2 rings (SSSR count). The predicted molar refractivity (Wildman–Crippen MR) is 88.0 cm³/mol. The van der Waals surface area contributed by atoms with Crippen LogP contribution in [-0.4, -0.2) is 23.9 Å². The third-order valence-corrected chi connectivity index (χ3v) is 2.87. The molecule has 22 heavy (non-hydrogen) atoms. The molecule has 0 spiro atoms. The Hall–Kier alpha value is -2.88. The van der Waals surface area contributed by atoms with E-state index in [0.29, 0.717) is 6.61 Å². The van der Waals surface area contributed by atoms with Crippen LogP contribution in [0.2, 0.25) is 0 Å². The van der Waals surface area contributed by atoms with Crippen LogP contribution in [0.1, 0.15) is 18.1 Å². The quantitative estimate of drug-likeness (QED) is 0.648. The van der Waals surface area contributed by atoms with E-state index < -0.39 is 5.97 Å². The predicted octanol–water partition coefficient (Wildman–Crippen LogP) is 3.93. The van der Waals surface area contributed by atoms with Crippen LogP contribution in [0.3, 0.4) is 0 Å². The van der Waals surface area contributed by atoms with E-state index >= 15 is 0 Å². The van der Waals surface area contributed by atoms with Gasteiger partial charge in [0.05, 0.1) is 12.3 Å². The first-order valence-electron chi connectivity index (χ1n) is 6.95. The van der Waals surface area contributed by atoms with Gasteiger partial charge in [-0.25, -0.2) is 4.79 Å². The molecule has 0 aliphatic carbocycles. The number of carboxylic acid groups (broad SMARTS) is 1. The van der Waals surface area contributed by atoms with E-state index in [9.17, 15) is 4.79 Å². The summed E-state index contributed by atoms with van der Waals surface area (Å²) in [7, 11) is 0. The molecule has 0 heterocycles. The number of carbonyl (C=O) groups is 1. The van der Waals surface area contributed by atoms with Crippen molar-refractivity contribution in [1.29, 1.82) is 0 Å². The Morgan fingerprint density at radius 3 is 2.32 bits per heavy atom. The summed E-state index contributed by atoms with van der Waals surface area (Å²) in [5.74, 6) is -0.119. The fraction of sp³-hybridized carbons (Fsp3) is 0.111. The number of carboxylic acids is 1. The SMILES string of the molecule is CCOc1ccc(C=Nc2ccc(/C=C/C(=O)O)cc2)cc1. The van der Waals surface area contributed by atoms with Gasteiger partial charge in [-0.3, -0.25) is 4.99 Å². The Bertz CT molecular complexity index is 670. The minimum atomic E-state index is -0.961. The molecule has 4 nitrogen and oxygen atoms in total. The van der Waals surface area contributed by atoms with Crippen molar-refractivity contribution in [2.75, 3.05) is 6.61 Å². The summed E-state index contributed by atoms with van der Waals surface area (Å²) in [4.78, 5) is 14.8. The third-order valence-electron chi connectivity index (χ3n) is 2.87. The van der Waals surface area contributed by atoms with Crippen molar-refractivity contribution in [2.24, 2.45) is 4.99 Å². The number of rotatable bonds is 6. The van der Waals surface area contributed by atoms with Crippen molar-refractivity contribution in [1.82, 2.24) is 0 Å². The molecular weight excluding hydrogens is 278 g/mol. The Kier molecular flexibility index (Phi) is 5.49. The Balaban J connectivity index is 2.02. The van der Waals surface area contributed by atoms with Crippen LogP contribution in [0, 0.1) is 0 Å². The van der Waals surface area contributed by atoms with Gasteiger partial charge in [-0.05, 0) is 60.5 Å². The first-order valence-corrected chi connectivity index (χ1v) is 6.95. The lowest BCUT2D eigenvalue weighted by Gasteiger charge is -2.02. The summed E-state index contributed by atoms with van der Waals surface area (Å²) in [6.45, 7) is 2.60. The number of hydrogen-bond donors (Lipinski definition) is 1. The van der Waals surface area contributed by atoms with Crippen LogP contribution in [0.5, 0.6) is 5.75 Å². The molecule has 0 bridgehead atoms. The maximum Gasteiger partial charge on any atom is 0.328 e. The lowest BCUT2D eigenvalue weighted by Crippen LogP contribution is -1.91. The van der Waals surface area contributed by atoms with Crippen LogP contribution >= 0.6 is 0 Å². The zero-order chi connectivity index (χ0) is 15.8. The van der Waals surface area contributed by atoms with Crippen molar-refractivity contribution in [3.63, 3.8) is 0 Å². The minimum absolute atomic E-state index is 0.649. The highest BCUT2D eigenvalue weighted by molar-refractivity contribution is 5.85. The van der Waals surface area contributed by atoms with Gasteiger partial charge in [0, 0.05) is 12.3 Å². The summed E-state index contributed by atoms with van der Waals surface area (Å²) in [6, 6.07) is 15.0. The van der Waals surface area contributed by atoms with Crippen LogP contribution in [0.25, 0.3) is 6.08 Å². The average Bonchev–Trinajstić information content (AvgIpc) is 2.53. The fourth-order valence-electron chi connectivity index (χ4n) is 1.80. The molecule has 1 N–H and O–H groups in total. The van der Waals surface area contributed by atoms with Crippen LogP contribution in [0.4, 0.5) is 5.69 Å². The fourth-order valence-corrected chi connectivity index (χ4v) is 1.80. The van der Waals surface area contributed by atoms with Gasteiger partial charge < -0.3 is 9.84 Å². The Labute approximate surface area is 129 Å². The molecule has 112 valence electrons. The lowest BCUT2D eigenvalue weighted by molar-refractivity contribution is -0.131. The van der Waals surface area contributed by atoms with Gasteiger partial charge in [-0.15, -0.1) is 0 Å². The van der Waals surface area contributed by atoms with E-state index in [1.807, 2.05) is 55.5 Å². The largest absolute Gasteiger partial charge is 0.494 e. The molecule has 0 saturated carbocycles. The Morgan fingerprint density at radius 2 is 1.73 bits per heavy atom. The first kappa shape index (κ1) is 15.5. The van der Waals surface area contributed by atoms with Crippen LogP contribution in [-0.2, 0) is 4.79 Å². The minimum Gasteiger partial charge on any atom is -0.494 e. The zero-order valence-corrected chi connectivity index (χ0v) is 12.3. The van der Waals surface area contributed by atoms with Crippen molar-refractivity contribution in [3.8, 4) is 5.75 Å². The van der Waals surface area contributed by atoms with E-state index in [2.05, 4.69) is 4.99 Å². The molecule has 4 heteroatoms. The maximum absolute atomic E-state index is 10.4. The standard InChI is InChI=1S/C18H17NO3/c1-2-22-17-10-5-15(6-11-17)13-19-16-8-3-14(4-9-16)7-12-18(20)21/h3-13H,2H2,1H3,(H,20,21)/b12-7+,19-13?. The van der Waals surface area contributed by atoms with Crippen molar-refractivity contribution in [3.05, 3.63) is 65.7 Å². The average molecular weight is 295 g/mol. The molecule has 0 aliphatic rings. The number of aliphatic imine (C=N–C) groups is 1. The molecule has 0 amide bonds. The molecular formula is C18H17NO3. The number of hydrogen-bond acceptors (Lipinski definition) is 3. The Morgan fingerprint density at radius 1 is 1.09 bits per heavy atom. The zero-order valence-electron chi connectivity index (χ0n) is 12.3. The molecule has 0 fully saturated rings. The second-order valence-electron chi connectivity index (χ2n) is 4.52. The molecule has 0 saturated heterocycles. The molecule has 2 aromatic carbocycles. The topological polar surface area (TPSA) is 58.9 Å². The number of benzene rings is 2. The number of ether oxygens (including phenoxy) is 1. The maximum atomic E-state index is 10.4. The van der Waals surface area contributed by atoms with Gasteiger partial charge in [-0.2, -0.15) is 0 Å². The molecule has 0 aromatic heterocycles. The number of nitrogens with zero attached hydrogens (tertiary/aromatic N) is 1. The van der Waals surface area contributed by atoms with Gasteiger partial charge >= 0.3 is 5.97 Å². The highest BCUT2D eigenvalue weighted by atomic mass is 16.5. The monoisotopic (exact) mass is 295 g/mol. The van der Waals surface area contributed by atoms with Gasteiger partial charge in [0.2, 0.25) is 0 Å². The highest BCUT2D eigenvalue weighted by Gasteiger charge is 1.94. The molecule has 0 aliphatic heterocycles. The summed E-state index contributed by atoms with van der Waals surface area (Å²) in [6.07, 6.45) is 4.43. The van der Waals surface area contributed by atoms with E-state index in [-0.39, 0.29) is 0 Å². The van der Waals surface area contributed by atoms with Crippen LogP contribution in [0.15, 0.2) is 59.6 Å². The highest BCUT2D eigenvalue weighted by Crippen LogP contribution is 2.15. The summed E-state index contributed by atoms with van der Waals surface area (Å²) >= 11 is 0. The van der Waals surface area contributed by atoms with E-state index in [1.54, 1.807) is 12.3 Å². The molecule has 0 unspecified atom stereocenters. The van der Waals surface area contributed by atoms with Crippen LogP contribution < -0.4 is 4.74 Å². The number of aliphatic carboxylic acids is 1. The first-order chi connectivity index (χ1) is 10.7. The van der Waals surface area contributed by atoms with E-state index in [1.165, 1.54) is 0 Å². The smallest absolute Gasteiger partial charge is 0.328 e. The second-order valence-corrected chi connectivity index (χ2v) is 4.52. The van der Waals surface area contributed by atoms with Crippen molar-refractivity contribution in [2.45, 2.75) is 6.92 Å². The third kappa shape index (κ3) is 4.90. The van der Waals surface area contributed by atoms with Gasteiger partial charge in [0.15, 0.2) is 0 Å². The second kappa shape index (κ2) is 7.78. The normalized spacial score (nSPS) is 11.1. The van der Waals surface area contributed by atoms with Crippen molar-refractivity contribution >= 4 is 23.9 Å². The van der Waals surface area contributed by atoms with Gasteiger partial charge in [0.1, 0.15) is 5.75 Å². The lowest BCUT2D eigenvalue weighted by atomic mass is 10.2. The molecule has 2 aromatic rings. The van der Waals surface area contributed by atoms with E-state index in [4.69, 9.17) is 9.84 Å². The van der Waals surface area contributed by atoms with Crippen molar-refractivity contribution < 1.29 is 14.6 Å². The molecule has 0 radical (unpaired) electrons. The van der Waals surface area contributed by atoms with E-state index in [0.717, 1.165) is 28.6 Å². The molecule has 0 atom stereocenters. The van der Waals surface area contributed by atoms with Gasteiger partial charge in [0.25, 0.3) is 0 Å². The van der Waals surface area contributed by atoms with Gasteiger partial charge in [-0.1, -0.05) is 12.1 Å². The summed E-state index contributed by atoms with van der Waals surface area (Å²) in [5, 5.41) is 8.57. The summed E-state index contributed by atoms with van der Waals surface area (Å²) < 4.78 is 5.38.